The molecule has 0 aliphatic heterocycles. The zero-order valence-corrected chi connectivity index (χ0v) is 11.9. The second-order valence-electron chi connectivity index (χ2n) is 4.64. The largest absolute Gasteiger partial charge is 0.358 e. The SMILES string of the molecule is CNC(=O)Cn1c(=O)n(C(C)C)c2ccc(Cl)cc21. The highest BCUT2D eigenvalue weighted by Gasteiger charge is 2.16. The van der Waals surface area contributed by atoms with E-state index in [4.69, 9.17) is 11.6 Å². The van der Waals surface area contributed by atoms with E-state index in [1.807, 2.05) is 13.8 Å². The van der Waals surface area contributed by atoms with Gasteiger partial charge in [0, 0.05) is 18.1 Å². The van der Waals surface area contributed by atoms with Crippen molar-refractivity contribution in [2.45, 2.75) is 26.4 Å². The zero-order chi connectivity index (χ0) is 14.2. The first-order valence-corrected chi connectivity index (χ1v) is 6.44. The molecule has 0 saturated carbocycles. The van der Waals surface area contributed by atoms with Crippen LogP contribution in [0.1, 0.15) is 19.9 Å². The third-order valence-corrected chi connectivity index (χ3v) is 3.26. The number of nitrogens with one attached hydrogen (secondary N) is 1. The van der Waals surface area contributed by atoms with Gasteiger partial charge < -0.3 is 5.32 Å². The van der Waals surface area contributed by atoms with E-state index in [1.165, 1.54) is 4.57 Å². The maximum Gasteiger partial charge on any atom is 0.329 e. The topological polar surface area (TPSA) is 56.0 Å². The van der Waals surface area contributed by atoms with Gasteiger partial charge in [0.05, 0.1) is 11.0 Å². The molecule has 0 aliphatic rings. The quantitative estimate of drug-likeness (QED) is 0.932. The van der Waals surface area contributed by atoms with Gasteiger partial charge in [0.15, 0.2) is 0 Å². The van der Waals surface area contributed by atoms with Crippen molar-refractivity contribution < 1.29 is 4.79 Å². The van der Waals surface area contributed by atoms with Crippen molar-refractivity contribution in [3.05, 3.63) is 33.7 Å². The number of hydrogen-bond acceptors (Lipinski definition) is 2. The van der Waals surface area contributed by atoms with Crippen LogP contribution < -0.4 is 11.0 Å². The van der Waals surface area contributed by atoms with Gasteiger partial charge in [-0.3, -0.25) is 13.9 Å². The molecular weight excluding hydrogens is 266 g/mol. The van der Waals surface area contributed by atoms with Crippen LogP contribution in [0.2, 0.25) is 5.02 Å². The maximum absolute atomic E-state index is 12.4. The lowest BCUT2D eigenvalue weighted by atomic mass is 10.3. The molecule has 2 aromatic rings. The Morgan fingerprint density at radius 3 is 2.63 bits per heavy atom. The van der Waals surface area contributed by atoms with Crippen molar-refractivity contribution in [2.75, 3.05) is 7.05 Å². The minimum absolute atomic E-state index is 0.00804. The van der Waals surface area contributed by atoms with Crippen LogP contribution in [-0.4, -0.2) is 22.1 Å². The van der Waals surface area contributed by atoms with E-state index in [0.717, 1.165) is 5.52 Å². The second kappa shape index (κ2) is 5.09. The van der Waals surface area contributed by atoms with Crippen molar-refractivity contribution in [3.8, 4) is 0 Å². The summed E-state index contributed by atoms with van der Waals surface area (Å²) in [5, 5.41) is 3.06. The lowest BCUT2D eigenvalue weighted by Crippen LogP contribution is -2.31. The molecule has 0 radical (unpaired) electrons. The fourth-order valence-electron chi connectivity index (χ4n) is 2.13. The zero-order valence-electron chi connectivity index (χ0n) is 11.1. The first kappa shape index (κ1) is 13.7. The molecule has 0 saturated heterocycles. The summed E-state index contributed by atoms with van der Waals surface area (Å²) in [5.74, 6) is -0.218. The van der Waals surface area contributed by atoms with Crippen molar-refractivity contribution in [2.24, 2.45) is 0 Å². The van der Waals surface area contributed by atoms with Crippen molar-refractivity contribution in [1.82, 2.24) is 14.5 Å². The molecule has 0 spiro atoms. The standard InChI is InChI=1S/C13H16ClN3O2/c1-8(2)17-10-5-4-9(14)6-11(10)16(13(17)19)7-12(18)15-3/h4-6,8H,7H2,1-3H3,(H,15,18). The molecule has 1 aromatic heterocycles. The molecule has 0 bridgehead atoms. The number of amides is 1. The van der Waals surface area contributed by atoms with E-state index in [-0.39, 0.29) is 24.2 Å². The number of halogens is 1. The average Bonchev–Trinajstić information content (AvgIpc) is 2.62. The Bertz CT molecular complexity index is 685. The molecule has 0 atom stereocenters. The van der Waals surface area contributed by atoms with E-state index in [9.17, 15) is 9.59 Å². The lowest BCUT2D eigenvalue weighted by Gasteiger charge is -2.06. The van der Waals surface area contributed by atoms with Crippen LogP contribution in [0.15, 0.2) is 23.0 Å². The van der Waals surface area contributed by atoms with Crippen LogP contribution in [0, 0.1) is 0 Å². The van der Waals surface area contributed by atoms with Gasteiger partial charge in [-0.25, -0.2) is 4.79 Å². The molecule has 5 nitrogen and oxygen atoms in total. The molecular formula is C13H16ClN3O2. The Kier molecular flexibility index (Phi) is 3.66. The second-order valence-corrected chi connectivity index (χ2v) is 5.08. The van der Waals surface area contributed by atoms with Gasteiger partial charge >= 0.3 is 5.69 Å². The molecule has 102 valence electrons. The number of carbonyl (C=O) groups excluding carboxylic acids is 1. The molecule has 19 heavy (non-hydrogen) atoms. The molecule has 1 aromatic carbocycles. The summed E-state index contributed by atoms with van der Waals surface area (Å²) in [6.45, 7) is 3.85. The number of rotatable bonds is 3. The first-order valence-electron chi connectivity index (χ1n) is 6.06. The van der Waals surface area contributed by atoms with Crippen LogP contribution in [0.3, 0.4) is 0 Å². The van der Waals surface area contributed by atoms with Gasteiger partial charge in [-0.1, -0.05) is 11.6 Å². The first-order chi connectivity index (χ1) is 8.95. The Labute approximate surface area is 115 Å². The minimum atomic E-state index is -0.218. The van der Waals surface area contributed by atoms with Crippen LogP contribution in [-0.2, 0) is 11.3 Å². The number of imidazole rings is 1. The van der Waals surface area contributed by atoms with Crippen molar-refractivity contribution in [3.63, 3.8) is 0 Å². The lowest BCUT2D eigenvalue weighted by molar-refractivity contribution is -0.121. The van der Waals surface area contributed by atoms with Crippen LogP contribution in [0.25, 0.3) is 11.0 Å². The van der Waals surface area contributed by atoms with Crippen molar-refractivity contribution in [1.29, 1.82) is 0 Å². The normalized spacial score (nSPS) is 11.2. The summed E-state index contributed by atoms with van der Waals surface area (Å²) in [5.41, 5.74) is 1.26. The number of benzene rings is 1. The molecule has 1 N–H and O–H groups in total. The summed E-state index contributed by atoms with van der Waals surface area (Å²) < 4.78 is 3.11. The highest BCUT2D eigenvalue weighted by atomic mass is 35.5. The van der Waals surface area contributed by atoms with E-state index in [1.54, 1.807) is 29.8 Å². The fraction of sp³-hybridized carbons (Fsp3) is 0.385. The summed E-state index contributed by atoms with van der Waals surface area (Å²) in [6.07, 6.45) is 0. The summed E-state index contributed by atoms with van der Waals surface area (Å²) in [7, 11) is 1.54. The molecule has 2 rings (SSSR count). The molecule has 1 amide bonds. The Balaban J connectivity index is 2.74. The van der Waals surface area contributed by atoms with Gasteiger partial charge in [-0.2, -0.15) is 0 Å². The molecule has 1 heterocycles. The maximum atomic E-state index is 12.4. The molecule has 6 heteroatoms. The number of hydrogen-bond donors (Lipinski definition) is 1. The smallest absolute Gasteiger partial charge is 0.329 e. The van der Waals surface area contributed by atoms with E-state index >= 15 is 0 Å². The van der Waals surface area contributed by atoms with E-state index in [2.05, 4.69) is 5.32 Å². The fourth-order valence-corrected chi connectivity index (χ4v) is 2.29. The summed E-state index contributed by atoms with van der Waals surface area (Å²) >= 11 is 5.98. The molecule has 0 fully saturated rings. The number of fused-ring (bicyclic) bond motifs is 1. The number of nitrogens with zero attached hydrogens (tertiary/aromatic N) is 2. The third kappa shape index (κ3) is 2.38. The van der Waals surface area contributed by atoms with Crippen LogP contribution in [0.4, 0.5) is 0 Å². The molecule has 0 aliphatic carbocycles. The Morgan fingerprint density at radius 2 is 2.05 bits per heavy atom. The van der Waals surface area contributed by atoms with Crippen LogP contribution in [0.5, 0.6) is 0 Å². The number of likely N-dealkylation sites (N-methyl/N-ethyl adjacent to an activating group) is 1. The highest BCUT2D eigenvalue weighted by molar-refractivity contribution is 6.31. The van der Waals surface area contributed by atoms with Gasteiger partial charge in [0.2, 0.25) is 5.91 Å². The van der Waals surface area contributed by atoms with Gasteiger partial charge in [0.25, 0.3) is 0 Å². The third-order valence-electron chi connectivity index (χ3n) is 3.02. The monoisotopic (exact) mass is 281 g/mol. The van der Waals surface area contributed by atoms with E-state index < -0.39 is 0 Å². The highest BCUT2D eigenvalue weighted by Crippen LogP contribution is 2.21. The van der Waals surface area contributed by atoms with E-state index in [0.29, 0.717) is 10.5 Å². The van der Waals surface area contributed by atoms with Crippen LogP contribution >= 0.6 is 11.6 Å². The predicted octanol–water partition coefficient (Wildman–Crippen LogP) is 1.78. The molecule has 0 unspecified atom stereocenters. The van der Waals surface area contributed by atoms with Crippen molar-refractivity contribution >= 4 is 28.5 Å². The average molecular weight is 282 g/mol. The Hall–Kier alpha value is -1.75. The summed E-state index contributed by atoms with van der Waals surface area (Å²) in [6, 6.07) is 5.27. The predicted molar refractivity (Wildman–Crippen MR) is 75.7 cm³/mol. The van der Waals surface area contributed by atoms with Gasteiger partial charge in [0.1, 0.15) is 6.54 Å². The summed E-state index contributed by atoms with van der Waals surface area (Å²) in [4.78, 5) is 23.9. The minimum Gasteiger partial charge on any atom is -0.358 e. The number of carbonyl (C=O) groups is 1. The van der Waals surface area contributed by atoms with Gasteiger partial charge in [-0.05, 0) is 32.0 Å². The number of aromatic nitrogens is 2. The van der Waals surface area contributed by atoms with Gasteiger partial charge in [-0.15, -0.1) is 0 Å². The Morgan fingerprint density at radius 1 is 1.37 bits per heavy atom.